The van der Waals surface area contributed by atoms with Gasteiger partial charge >= 0.3 is 0 Å². The topological polar surface area (TPSA) is 32.3 Å². The minimum absolute atomic E-state index is 0.00192. The normalized spacial score (nSPS) is 15.4. The Morgan fingerprint density at radius 1 is 1.10 bits per heavy atom. The Bertz CT molecular complexity index is 389. The Balaban J connectivity index is 2.86. The SMILES string of the molecule is CCCc1ccc(C(O)C(NC(C)(C)C)C(C)C)cc1. The lowest BCUT2D eigenvalue weighted by Crippen LogP contribution is -2.49. The molecule has 2 N–H and O–H groups in total. The van der Waals surface area contributed by atoms with E-state index in [1.54, 1.807) is 0 Å². The molecule has 114 valence electrons. The highest BCUT2D eigenvalue weighted by Crippen LogP contribution is 2.24. The highest BCUT2D eigenvalue weighted by atomic mass is 16.3. The van der Waals surface area contributed by atoms with E-state index in [0.29, 0.717) is 5.92 Å². The molecule has 0 aromatic heterocycles. The fourth-order valence-electron chi connectivity index (χ4n) is 2.49. The van der Waals surface area contributed by atoms with Crippen molar-refractivity contribution in [2.24, 2.45) is 5.92 Å². The van der Waals surface area contributed by atoms with Crippen LogP contribution in [0.1, 0.15) is 65.2 Å². The van der Waals surface area contributed by atoms with Crippen LogP contribution in [-0.4, -0.2) is 16.7 Å². The lowest BCUT2D eigenvalue weighted by atomic mass is 9.90. The molecule has 0 aliphatic heterocycles. The van der Waals surface area contributed by atoms with Crippen molar-refractivity contribution in [2.45, 2.75) is 72.1 Å². The van der Waals surface area contributed by atoms with E-state index in [4.69, 9.17) is 0 Å². The number of aryl methyl sites for hydroxylation is 1. The molecule has 0 radical (unpaired) electrons. The van der Waals surface area contributed by atoms with E-state index in [0.717, 1.165) is 18.4 Å². The number of aliphatic hydroxyl groups is 1. The van der Waals surface area contributed by atoms with Crippen LogP contribution in [0.4, 0.5) is 0 Å². The summed E-state index contributed by atoms with van der Waals surface area (Å²) in [5.74, 6) is 0.375. The van der Waals surface area contributed by atoms with E-state index in [2.05, 4.69) is 71.1 Å². The number of hydrogen-bond donors (Lipinski definition) is 2. The van der Waals surface area contributed by atoms with Crippen LogP contribution in [0.15, 0.2) is 24.3 Å². The molecule has 2 unspecified atom stereocenters. The molecule has 0 spiro atoms. The zero-order chi connectivity index (χ0) is 15.3. The first-order chi connectivity index (χ1) is 9.24. The Kier molecular flexibility index (Phi) is 6.22. The maximum atomic E-state index is 10.7. The highest BCUT2D eigenvalue weighted by molar-refractivity contribution is 5.25. The standard InChI is InChI=1S/C18H31NO/c1-7-8-14-9-11-15(12-10-14)17(20)16(13(2)3)19-18(4,5)6/h9-13,16-17,19-20H,7-8H2,1-6H3. The molecule has 0 aliphatic carbocycles. The minimum atomic E-state index is -0.468. The lowest BCUT2D eigenvalue weighted by Gasteiger charge is -2.34. The van der Waals surface area contributed by atoms with Crippen molar-refractivity contribution >= 4 is 0 Å². The van der Waals surface area contributed by atoms with Crippen LogP contribution in [0.2, 0.25) is 0 Å². The van der Waals surface area contributed by atoms with Crippen molar-refractivity contribution in [1.82, 2.24) is 5.32 Å². The molecule has 1 aromatic carbocycles. The minimum Gasteiger partial charge on any atom is -0.387 e. The summed E-state index contributed by atoms with van der Waals surface area (Å²) in [6, 6.07) is 8.46. The van der Waals surface area contributed by atoms with Gasteiger partial charge in [0.2, 0.25) is 0 Å². The quantitative estimate of drug-likeness (QED) is 0.821. The van der Waals surface area contributed by atoms with E-state index in [9.17, 15) is 5.11 Å². The fraction of sp³-hybridized carbons (Fsp3) is 0.667. The summed E-state index contributed by atoms with van der Waals surface area (Å²) in [5, 5.41) is 14.2. The van der Waals surface area contributed by atoms with Gasteiger partial charge in [-0.3, -0.25) is 0 Å². The second kappa shape index (κ2) is 7.24. The number of hydrogen-bond acceptors (Lipinski definition) is 2. The van der Waals surface area contributed by atoms with Gasteiger partial charge in [0.15, 0.2) is 0 Å². The van der Waals surface area contributed by atoms with Gasteiger partial charge in [-0.15, -0.1) is 0 Å². The van der Waals surface area contributed by atoms with Crippen molar-refractivity contribution in [3.05, 3.63) is 35.4 Å². The van der Waals surface area contributed by atoms with E-state index in [-0.39, 0.29) is 11.6 Å². The van der Waals surface area contributed by atoms with Gasteiger partial charge in [0.25, 0.3) is 0 Å². The van der Waals surface area contributed by atoms with E-state index in [1.165, 1.54) is 5.56 Å². The predicted octanol–water partition coefficient (Wildman–Crippen LogP) is 4.09. The average Bonchev–Trinajstić information content (AvgIpc) is 2.35. The van der Waals surface area contributed by atoms with Crippen molar-refractivity contribution in [3.8, 4) is 0 Å². The molecule has 0 saturated heterocycles. The molecule has 1 rings (SSSR count). The van der Waals surface area contributed by atoms with Crippen LogP contribution in [0.3, 0.4) is 0 Å². The third-order valence-corrected chi connectivity index (χ3v) is 3.52. The summed E-state index contributed by atoms with van der Waals surface area (Å²) in [6.07, 6.45) is 1.79. The largest absolute Gasteiger partial charge is 0.387 e. The van der Waals surface area contributed by atoms with Gasteiger partial charge in [-0.05, 0) is 44.2 Å². The second-order valence-corrected chi connectivity index (χ2v) is 7.10. The van der Waals surface area contributed by atoms with Gasteiger partial charge in [0.05, 0.1) is 6.10 Å². The van der Waals surface area contributed by atoms with Crippen molar-refractivity contribution in [1.29, 1.82) is 0 Å². The summed E-state index contributed by atoms with van der Waals surface area (Å²) in [5.41, 5.74) is 2.34. The number of nitrogens with one attached hydrogen (secondary N) is 1. The van der Waals surface area contributed by atoms with Gasteiger partial charge in [0, 0.05) is 11.6 Å². The van der Waals surface area contributed by atoms with Gasteiger partial charge in [-0.25, -0.2) is 0 Å². The van der Waals surface area contributed by atoms with Gasteiger partial charge in [-0.2, -0.15) is 0 Å². The van der Waals surface area contributed by atoms with Gasteiger partial charge < -0.3 is 10.4 Å². The first-order valence-electron chi connectivity index (χ1n) is 7.79. The zero-order valence-electron chi connectivity index (χ0n) is 13.9. The molecular formula is C18H31NO. The Morgan fingerprint density at radius 2 is 1.65 bits per heavy atom. The number of rotatable bonds is 6. The number of aliphatic hydroxyl groups excluding tert-OH is 1. The lowest BCUT2D eigenvalue weighted by molar-refractivity contribution is 0.0893. The molecule has 0 bridgehead atoms. The van der Waals surface area contributed by atoms with E-state index in [1.807, 2.05) is 0 Å². The van der Waals surface area contributed by atoms with Crippen LogP contribution in [0.5, 0.6) is 0 Å². The summed E-state index contributed by atoms with van der Waals surface area (Å²) in [7, 11) is 0. The number of benzene rings is 1. The Hall–Kier alpha value is -0.860. The maximum absolute atomic E-state index is 10.7. The first kappa shape index (κ1) is 17.2. The predicted molar refractivity (Wildman–Crippen MR) is 86.9 cm³/mol. The Morgan fingerprint density at radius 3 is 2.05 bits per heavy atom. The van der Waals surface area contributed by atoms with Crippen LogP contribution >= 0.6 is 0 Å². The molecule has 1 aromatic rings. The monoisotopic (exact) mass is 277 g/mol. The summed E-state index contributed by atoms with van der Waals surface area (Å²) in [6.45, 7) is 12.9. The van der Waals surface area contributed by atoms with Gasteiger partial charge in [-0.1, -0.05) is 51.5 Å². The first-order valence-corrected chi connectivity index (χ1v) is 7.79. The molecule has 0 amide bonds. The fourth-order valence-corrected chi connectivity index (χ4v) is 2.49. The van der Waals surface area contributed by atoms with Crippen molar-refractivity contribution in [2.75, 3.05) is 0 Å². The molecule has 0 saturated carbocycles. The maximum Gasteiger partial charge on any atom is 0.0945 e. The highest BCUT2D eigenvalue weighted by Gasteiger charge is 2.27. The van der Waals surface area contributed by atoms with E-state index >= 15 is 0 Å². The Labute approximate surface area is 124 Å². The summed E-state index contributed by atoms with van der Waals surface area (Å²) in [4.78, 5) is 0. The van der Waals surface area contributed by atoms with Crippen LogP contribution in [-0.2, 0) is 6.42 Å². The van der Waals surface area contributed by atoms with Crippen LogP contribution in [0.25, 0.3) is 0 Å². The van der Waals surface area contributed by atoms with Crippen LogP contribution in [0, 0.1) is 5.92 Å². The molecule has 0 heterocycles. The molecule has 2 atom stereocenters. The molecule has 2 heteroatoms. The molecule has 20 heavy (non-hydrogen) atoms. The van der Waals surface area contributed by atoms with Crippen molar-refractivity contribution < 1.29 is 5.11 Å². The smallest absolute Gasteiger partial charge is 0.0945 e. The summed E-state index contributed by atoms with van der Waals surface area (Å²) >= 11 is 0. The van der Waals surface area contributed by atoms with Crippen molar-refractivity contribution in [3.63, 3.8) is 0 Å². The molecule has 0 fully saturated rings. The van der Waals surface area contributed by atoms with Gasteiger partial charge in [0.1, 0.15) is 0 Å². The third-order valence-electron chi connectivity index (χ3n) is 3.52. The third kappa shape index (κ3) is 5.26. The average molecular weight is 277 g/mol. The zero-order valence-corrected chi connectivity index (χ0v) is 13.9. The molecule has 0 aliphatic rings. The molecular weight excluding hydrogens is 246 g/mol. The summed E-state index contributed by atoms with van der Waals surface area (Å²) < 4.78 is 0. The van der Waals surface area contributed by atoms with Crippen LogP contribution < -0.4 is 5.32 Å². The van der Waals surface area contributed by atoms with E-state index < -0.39 is 6.10 Å². The second-order valence-electron chi connectivity index (χ2n) is 7.10. The molecule has 2 nitrogen and oxygen atoms in total.